The molecule has 0 saturated carbocycles. The van der Waals surface area contributed by atoms with Gasteiger partial charge in [-0.3, -0.25) is 9.69 Å². The van der Waals surface area contributed by atoms with Crippen molar-refractivity contribution in [2.24, 2.45) is 0 Å². The van der Waals surface area contributed by atoms with E-state index in [1.807, 2.05) is 60.7 Å². The molecule has 1 heterocycles. The third kappa shape index (κ3) is 3.19. The van der Waals surface area contributed by atoms with Gasteiger partial charge in [-0.1, -0.05) is 24.3 Å². The molecule has 1 amide bonds. The number of methoxy groups -OCH3 is 1. The number of carbonyl (C=O) groups excluding carboxylic acids is 1. The Balaban J connectivity index is 1.63. The molecule has 1 aliphatic rings. The molecule has 0 bridgehead atoms. The largest absolute Gasteiger partial charge is 0.497 e. The number of rotatable bonds is 4. The maximum atomic E-state index is 13.1. The number of nitrogens with one attached hydrogen (secondary N) is 1. The second kappa shape index (κ2) is 7.25. The van der Waals surface area contributed by atoms with E-state index in [1.54, 1.807) is 24.1 Å². The van der Waals surface area contributed by atoms with Gasteiger partial charge in [-0.05, 0) is 48.5 Å². The summed E-state index contributed by atoms with van der Waals surface area (Å²) in [5.74, 6) is 0.635. The molecule has 6 heteroatoms. The fraction of sp³-hybridized carbons (Fsp3) is 0.0952. The molecule has 0 fully saturated rings. The fourth-order valence-electron chi connectivity index (χ4n) is 3.08. The average Bonchev–Trinajstić information content (AvgIpc) is 2.73. The molecule has 1 N–H and O–H groups in total. The Bertz CT molecular complexity index is 968. The summed E-state index contributed by atoms with van der Waals surface area (Å²) in [6.07, 6.45) is 0. The number of para-hydroxylation sites is 2. The Morgan fingerprint density at radius 1 is 0.926 bits per heavy atom. The molecule has 27 heavy (non-hydrogen) atoms. The number of hydrogen-bond acceptors (Lipinski definition) is 4. The first-order valence-electron chi connectivity index (χ1n) is 8.50. The lowest BCUT2D eigenvalue weighted by atomic mass is 10.2. The van der Waals surface area contributed by atoms with E-state index in [-0.39, 0.29) is 12.5 Å². The molecular weight excluding hydrogens is 360 g/mol. The maximum absolute atomic E-state index is 13.1. The number of hydrogen-bond donors (Lipinski definition) is 1. The Hall–Kier alpha value is -3.12. The van der Waals surface area contributed by atoms with Crippen molar-refractivity contribution >= 4 is 33.8 Å². The lowest BCUT2D eigenvalue weighted by Crippen LogP contribution is -2.34. The first-order chi connectivity index (χ1) is 13.2. The quantitative estimate of drug-likeness (QED) is 0.747. The topological polar surface area (TPSA) is 58.6 Å². The summed E-state index contributed by atoms with van der Waals surface area (Å²) in [5.41, 5.74) is 2.15. The summed E-state index contributed by atoms with van der Waals surface area (Å²) in [6, 6.07) is 22.0. The van der Waals surface area contributed by atoms with E-state index in [9.17, 15) is 9.00 Å². The highest BCUT2D eigenvalue weighted by molar-refractivity contribution is 7.85. The van der Waals surface area contributed by atoms with Gasteiger partial charge >= 0.3 is 0 Å². The molecule has 0 spiro atoms. The van der Waals surface area contributed by atoms with Crippen LogP contribution in [0, 0.1) is 0 Å². The Morgan fingerprint density at radius 3 is 2.04 bits per heavy atom. The van der Waals surface area contributed by atoms with Crippen molar-refractivity contribution in [2.45, 2.75) is 9.79 Å². The first kappa shape index (κ1) is 17.3. The van der Waals surface area contributed by atoms with Gasteiger partial charge in [0.15, 0.2) is 0 Å². The van der Waals surface area contributed by atoms with E-state index in [2.05, 4.69) is 5.32 Å². The monoisotopic (exact) mass is 378 g/mol. The fourth-order valence-corrected chi connectivity index (χ4v) is 4.42. The predicted octanol–water partition coefficient (Wildman–Crippen LogP) is 3.95. The highest BCUT2D eigenvalue weighted by atomic mass is 32.2. The summed E-state index contributed by atoms with van der Waals surface area (Å²) >= 11 is 0. The predicted molar refractivity (Wildman–Crippen MR) is 106 cm³/mol. The highest BCUT2D eigenvalue weighted by Gasteiger charge is 2.31. The molecule has 0 radical (unpaired) electrons. The third-order valence-electron chi connectivity index (χ3n) is 4.39. The maximum Gasteiger partial charge on any atom is 0.250 e. The van der Waals surface area contributed by atoms with Crippen LogP contribution < -0.4 is 15.0 Å². The van der Waals surface area contributed by atoms with Crippen molar-refractivity contribution in [2.75, 3.05) is 23.9 Å². The van der Waals surface area contributed by atoms with Crippen LogP contribution in [0.5, 0.6) is 5.75 Å². The molecule has 0 saturated heterocycles. The lowest BCUT2D eigenvalue weighted by molar-refractivity contribution is -0.116. The van der Waals surface area contributed by atoms with Crippen molar-refractivity contribution in [3.8, 4) is 5.75 Å². The molecule has 0 aliphatic carbocycles. The van der Waals surface area contributed by atoms with E-state index in [0.717, 1.165) is 11.4 Å². The number of carbonyl (C=O) groups is 1. The number of anilines is 3. The van der Waals surface area contributed by atoms with Gasteiger partial charge in [0, 0.05) is 5.69 Å². The summed E-state index contributed by atoms with van der Waals surface area (Å²) in [5, 5.41) is 3.14. The van der Waals surface area contributed by atoms with Gasteiger partial charge in [-0.15, -0.1) is 0 Å². The van der Waals surface area contributed by atoms with E-state index < -0.39 is 10.8 Å². The van der Waals surface area contributed by atoms with Crippen molar-refractivity contribution in [1.29, 1.82) is 0 Å². The average molecular weight is 378 g/mol. The molecule has 3 aromatic carbocycles. The number of amides is 1. The van der Waals surface area contributed by atoms with Crippen LogP contribution in [0.1, 0.15) is 0 Å². The van der Waals surface area contributed by atoms with Gasteiger partial charge in [-0.2, -0.15) is 0 Å². The van der Waals surface area contributed by atoms with Crippen molar-refractivity contribution in [3.05, 3.63) is 72.8 Å². The standard InChI is InChI=1S/C21H18N2O3S/c1-26-16-12-10-15(11-13-16)22-14-21(24)23-17-6-2-4-8-19(17)27(25)20-9-5-3-7-18(20)23/h2-13,22H,14H2,1H3. The van der Waals surface area contributed by atoms with Crippen LogP contribution in [0.25, 0.3) is 0 Å². The number of fused-ring (bicyclic) bond motifs is 2. The molecule has 4 rings (SSSR count). The number of nitrogens with zero attached hydrogens (tertiary/aromatic N) is 1. The first-order valence-corrected chi connectivity index (χ1v) is 9.65. The number of benzene rings is 3. The van der Waals surface area contributed by atoms with E-state index >= 15 is 0 Å². The molecule has 1 aliphatic heterocycles. The minimum Gasteiger partial charge on any atom is -0.497 e. The van der Waals surface area contributed by atoms with Crippen LogP contribution >= 0.6 is 0 Å². The molecule has 136 valence electrons. The van der Waals surface area contributed by atoms with Gasteiger partial charge < -0.3 is 10.1 Å². The zero-order chi connectivity index (χ0) is 18.8. The Kier molecular flexibility index (Phi) is 4.64. The second-order valence-corrected chi connectivity index (χ2v) is 7.43. The summed E-state index contributed by atoms with van der Waals surface area (Å²) < 4.78 is 18.0. The molecule has 0 aromatic heterocycles. The van der Waals surface area contributed by atoms with Gasteiger partial charge in [0.25, 0.3) is 5.91 Å². The summed E-state index contributed by atoms with van der Waals surface area (Å²) in [4.78, 5) is 16.0. The summed E-state index contributed by atoms with van der Waals surface area (Å²) in [7, 11) is 0.313. The van der Waals surface area contributed by atoms with Crippen LogP contribution in [-0.2, 0) is 15.6 Å². The van der Waals surface area contributed by atoms with E-state index in [1.165, 1.54) is 0 Å². The van der Waals surface area contributed by atoms with Gasteiger partial charge in [0.1, 0.15) is 5.75 Å². The summed E-state index contributed by atoms with van der Waals surface area (Å²) in [6.45, 7) is 0.113. The van der Waals surface area contributed by atoms with Gasteiger partial charge in [-0.25, -0.2) is 4.21 Å². The molecule has 0 atom stereocenters. The van der Waals surface area contributed by atoms with Crippen LogP contribution in [0.4, 0.5) is 17.1 Å². The Labute approximate surface area is 160 Å². The molecule has 0 unspecified atom stereocenters. The SMILES string of the molecule is COc1ccc(NCC(=O)N2c3ccccc3S(=O)c3ccccc32)cc1. The third-order valence-corrected chi connectivity index (χ3v) is 5.88. The smallest absolute Gasteiger partial charge is 0.250 e. The van der Waals surface area contributed by atoms with E-state index in [4.69, 9.17) is 4.74 Å². The van der Waals surface area contributed by atoms with Gasteiger partial charge in [0.2, 0.25) is 0 Å². The van der Waals surface area contributed by atoms with Gasteiger partial charge in [0.05, 0.1) is 45.6 Å². The van der Waals surface area contributed by atoms with Crippen LogP contribution in [0.15, 0.2) is 82.6 Å². The minimum atomic E-state index is -1.30. The van der Waals surface area contributed by atoms with Crippen LogP contribution in [0.2, 0.25) is 0 Å². The Morgan fingerprint density at radius 2 is 1.48 bits per heavy atom. The molecule has 5 nitrogen and oxygen atoms in total. The van der Waals surface area contributed by atoms with Crippen molar-refractivity contribution in [3.63, 3.8) is 0 Å². The molecular formula is C21H18N2O3S. The molecule has 3 aromatic rings. The van der Waals surface area contributed by atoms with Crippen molar-refractivity contribution in [1.82, 2.24) is 0 Å². The zero-order valence-corrected chi connectivity index (χ0v) is 15.5. The minimum absolute atomic E-state index is 0.113. The highest BCUT2D eigenvalue weighted by Crippen LogP contribution is 2.41. The van der Waals surface area contributed by atoms with Crippen molar-refractivity contribution < 1.29 is 13.7 Å². The second-order valence-electron chi connectivity index (χ2n) is 6.02. The zero-order valence-electron chi connectivity index (χ0n) is 14.7. The normalized spacial score (nSPS) is 12.9. The van der Waals surface area contributed by atoms with Crippen LogP contribution in [0.3, 0.4) is 0 Å². The number of ether oxygens (including phenoxy) is 1. The van der Waals surface area contributed by atoms with Crippen LogP contribution in [-0.4, -0.2) is 23.8 Å². The van der Waals surface area contributed by atoms with E-state index in [0.29, 0.717) is 21.2 Å². The lowest BCUT2D eigenvalue weighted by Gasteiger charge is -2.31.